The molecule has 0 N–H and O–H groups in total. The predicted molar refractivity (Wildman–Crippen MR) is 76.7 cm³/mol. The minimum Gasteiger partial charge on any atom is -0.450 e. The van der Waals surface area contributed by atoms with Gasteiger partial charge in [0.1, 0.15) is 6.73 Å². The summed E-state index contributed by atoms with van der Waals surface area (Å²) in [5.74, 6) is -0.251. The van der Waals surface area contributed by atoms with E-state index in [2.05, 4.69) is 29.2 Å². The molecule has 0 aromatic rings. The summed E-state index contributed by atoms with van der Waals surface area (Å²) in [5, 5.41) is 0. The Bertz CT molecular complexity index is 290. The van der Waals surface area contributed by atoms with E-state index in [1.54, 1.807) is 7.11 Å². The van der Waals surface area contributed by atoms with Crippen molar-refractivity contribution in [3.8, 4) is 0 Å². The van der Waals surface area contributed by atoms with Crippen LogP contribution in [0.25, 0.3) is 0 Å². The highest BCUT2D eigenvalue weighted by Gasteiger charge is 1.96. The fraction of sp³-hybridized carbons (Fsp3) is 0.643. The minimum atomic E-state index is -0.251. The Hall–Kier alpha value is -1.17. The van der Waals surface area contributed by atoms with E-state index in [0.717, 1.165) is 19.5 Å². The Morgan fingerprint density at radius 1 is 1.00 bits per heavy atom. The number of carbonyl (C=O) groups is 1. The van der Waals surface area contributed by atoms with Crippen LogP contribution >= 0.6 is 0 Å². The Balaban J connectivity index is 3.57. The maximum absolute atomic E-state index is 10.6. The second-order valence-corrected chi connectivity index (χ2v) is 4.44. The molecule has 0 fully saturated rings. The molecule has 0 saturated carbocycles. The standard InChI is InChI=1S/C14H26N2O3/c1-14(17)19-13-16(3)11-9-7-5-6-8-10-15(2)12-18-4/h6-9H,5,10-13H2,1-4H3. The summed E-state index contributed by atoms with van der Waals surface area (Å²) in [5.41, 5.74) is 0. The Kier molecular flexibility index (Phi) is 11.2. The van der Waals surface area contributed by atoms with Crippen molar-refractivity contribution in [2.45, 2.75) is 13.3 Å². The first-order valence-electron chi connectivity index (χ1n) is 6.35. The van der Waals surface area contributed by atoms with Gasteiger partial charge in [-0.05, 0) is 20.5 Å². The number of nitrogens with zero attached hydrogens (tertiary/aromatic N) is 2. The van der Waals surface area contributed by atoms with Crippen molar-refractivity contribution in [1.82, 2.24) is 9.80 Å². The molecule has 0 amide bonds. The van der Waals surface area contributed by atoms with Gasteiger partial charge in [0.05, 0.1) is 6.73 Å². The molecule has 0 spiro atoms. The van der Waals surface area contributed by atoms with Crippen molar-refractivity contribution in [1.29, 1.82) is 0 Å². The van der Waals surface area contributed by atoms with E-state index in [9.17, 15) is 4.79 Å². The van der Waals surface area contributed by atoms with Gasteiger partial charge in [0, 0.05) is 27.1 Å². The SMILES string of the molecule is COCN(C)CC=CCC=CCN(C)COC(C)=O. The maximum Gasteiger partial charge on any atom is 0.303 e. The van der Waals surface area contributed by atoms with E-state index >= 15 is 0 Å². The lowest BCUT2D eigenvalue weighted by atomic mass is 10.3. The van der Waals surface area contributed by atoms with Crippen LogP contribution in [0.1, 0.15) is 13.3 Å². The highest BCUT2D eigenvalue weighted by atomic mass is 16.5. The lowest BCUT2D eigenvalue weighted by Gasteiger charge is -2.13. The van der Waals surface area contributed by atoms with Crippen molar-refractivity contribution < 1.29 is 14.3 Å². The number of esters is 1. The Labute approximate surface area is 116 Å². The molecule has 5 nitrogen and oxygen atoms in total. The summed E-state index contributed by atoms with van der Waals surface area (Å²) in [7, 11) is 5.60. The number of carbonyl (C=O) groups excluding carboxylic acids is 1. The highest BCUT2D eigenvalue weighted by Crippen LogP contribution is 1.91. The lowest BCUT2D eigenvalue weighted by Crippen LogP contribution is -2.23. The second kappa shape index (κ2) is 11.9. The molecular weight excluding hydrogens is 244 g/mol. The monoisotopic (exact) mass is 270 g/mol. The van der Waals surface area contributed by atoms with Crippen LogP contribution in [0.5, 0.6) is 0 Å². The van der Waals surface area contributed by atoms with Crippen molar-refractivity contribution >= 4 is 5.97 Å². The minimum absolute atomic E-state index is 0.251. The molecule has 0 aliphatic heterocycles. The van der Waals surface area contributed by atoms with E-state index in [-0.39, 0.29) is 5.97 Å². The summed E-state index contributed by atoms with van der Waals surface area (Å²) in [6.07, 6.45) is 9.30. The normalized spacial score (nSPS) is 12.1. The average Bonchev–Trinajstić information content (AvgIpc) is 2.35. The van der Waals surface area contributed by atoms with Gasteiger partial charge in [-0.3, -0.25) is 14.6 Å². The van der Waals surface area contributed by atoms with Gasteiger partial charge in [0.2, 0.25) is 0 Å². The fourth-order valence-corrected chi connectivity index (χ4v) is 1.31. The van der Waals surface area contributed by atoms with Crippen molar-refractivity contribution in [3.63, 3.8) is 0 Å². The maximum atomic E-state index is 10.6. The molecule has 0 aliphatic rings. The number of hydrogen-bond acceptors (Lipinski definition) is 5. The van der Waals surface area contributed by atoms with Gasteiger partial charge in [-0.2, -0.15) is 0 Å². The number of methoxy groups -OCH3 is 1. The smallest absolute Gasteiger partial charge is 0.303 e. The largest absolute Gasteiger partial charge is 0.450 e. The number of hydrogen-bond donors (Lipinski definition) is 0. The van der Waals surface area contributed by atoms with Gasteiger partial charge < -0.3 is 9.47 Å². The fourth-order valence-electron chi connectivity index (χ4n) is 1.31. The first-order valence-corrected chi connectivity index (χ1v) is 6.35. The van der Waals surface area contributed by atoms with Crippen LogP contribution in [0.2, 0.25) is 0 Å². The topological polar surface area (TPSA) is 42.0 Å². The van der Waals surface area contributed by atoms with Crippen LogP contribution in [0.3, 0.4) is 0 Å². The van der Waals surface area contributed by atoms with E-state index < -0.39 is 0 Å². The Morgan fingerprint density at radius 3 is 2.00 bits per heavy atom. The van der Waals surface area contributed by atoms with Gasteiger partial charge in [-0.25, -0.2) is 0 Å². The highest BCUT2D eigenvalue weighted by molar-refractivity contribution is 5.65. The molecule has 0 radical (unpaired) electrons. The summed E-state index contributed by atoms with van der Waals surface area (Å²) in [4.78, 5) is 14.6. The number of allylic oxidation sites excluding steroid dienone is 2. The van der Waals surface area contributed by atoms with Gasteiger partial charge >= 0.3 is 5.97 Å². The molecule has 5 heteroatoms. The zero-order chi connectivity index (χ0) is 14.5. The molecule has 110 valence electrons. The molecule has 0 heterocycles. The quantitative estimate of drug-likeness (QED) is 0.342. The summed E-state index contributed by atoms with van der Waals surface area (Å²) >= 11 is 0. The third kappa shape index (κ3) is 13.1. The predicted octanol–water partition coefficient (Wildman–Crippen LogP) is 1.48. The van der Waals surface area contributed by atoms with Gasteiger partial charge in [0.15, 0.2) is 0 Å². The third-order valence-corrected chi connectivity index (χ3v) is 2.28. The molecule has 0 rings (SSSR count). The molecule has 19 heavy (non-hydrogen) atoms. The number of likely N-dealkylation sites (N-methyl/N-ethyl adjacent to an activating group) is 2. The molecule has 0 atom stereocenters. The second-order valence-electron chi connectivity index (χ2n) is 4.44. The molecule has 0 aromatic carbocycles. The lowest BCUT2D eigenvalue weighted by molar-refractivity contribution is -0.144. The molecule has 0 saturated heterocycles. The van der Waals surface area contributed by atoms with Crippen LogP contribution < -0.4 is 0 Å². The van der Waals surface area contributed by atoms with E-state index in [0.29, 0.717) is 13.5 Å². The average molecular weight is 270 g/mol. The molecule has 0 aliphatic carbocycles. The number of ether oxygens (including phenoxy) is 2. The van der Waals surface area contributed by atoms with Crippen molar-refractivity contribution in [3.05, 3.63) is 24.3 Å². The summed E-state index contributed by atoms with van der Waals surface area (Å²) < 4.78 is 9.87. The van der Waals surface area contributed by atoms with Gasteiger partial charge in [-0.15, -0.1) is 0 Å². The van der Waals surface area contributed by atoms with E-state index in [4.69, 9.17) is 9.47 Å². The Morgan fingerprint density at radius 2 is 1.53 bits per heavy atom. The van der Waals surface area contributed by atoms with Crippen LogP contribution in [-0.4, -0.2) is 63.5 Å². The molecule has 0 unspecified atom stereocenters. The van der Waals surface area contributed by atoms with Crippen LogP contribution in [-0.2, 0) is 14.3 Å². The molecular formula is C14H26N2O3. The summed E-state index contributed by atoms with van der Waals surface area (Å²) in [6.45, 7) is 4.03. The zero-order valence-corrected chi connectivity index (χ0v) is 12.5. The van der Waals surface area contributed by atoms with E-state index in [1.165, 1.54) is 6.92 Å². The first-order chi connectivity index (χ1) is 9.06. The van der Waals surface area contributed by atoms with Crippen molar-refractivity contribution in [2.75, 3.05) is 47.8 Å². The molecule has 0 bridgehead atoms. The van der Waals surface area contributed by atoms with Crippen LogP contribution in [0.4, 0.5) is 0 Å². The van der Waals surface area contributed by atoms with E-state index in [1.807, 2.05) is 19.0 Å². The summed E-state index contributed by atoms with van der Waals surface area (Å²) in [6, 6.07) is 0. The van der Waals surface area contributed by atoms with Gasteiger partial charge in [-0.1, -0.05) is 24.3 Å². The first kappa shape index (κ1) is 17.8. The van der Waals surface area contributed by atoms with Crippen molar-refractivity contribution in [2.24, 2.45) is 0 Å². The van der Waals surface area contributed by atoms with Crippen LogP contribution in [0, 0.1) is 0 Å². The zero-order valence-electron chi connectivity index (χ0n) is 12.5. The van der Waals surface area contributed by atoms with Gasteiger partial charge in [0.25, 0.3) is 0 Å². The number of rotatable bonds is 10. The third-order valence-electron chi connectivity index (χ3n) is 2.28. The molecule has 0 aromatic heterocycles. The van der Waals surface area contributed by atoms with Crippen LogP contribution in [0.15, 0.2) is 24.3 Å².